The molecule has 9 heteroatoms. The highest BCUT2D eigenvalue weighted by Gasteiger charge is 2.26. The lowest BCUT2D eigenvalue weighted by molar-refractivity contribution is -0.126. The number of likely N-dealkylation sites (N-methyl/N-ethyl adjacent to an activating group) is 1. The Hall–Kier alpha value is -3.55. The van der Waals surface area contributed by atoms with Crippen molar-refractivity contribution in [1.82, 2.24) is 15.1 Å². The molecule has 3 rings (SSSR count). The number of aliphatic hydroxyl groups excluding tert-OH is 2. The van der Waals surface area contributed by atoms with Gasteiger partial charge < -0.3 is 25.7 Å². The first-order valence-electron chi connectivity index (χ1n) is 12.2. The van der Waals surface area contributed by atoms with E-state index in [0.717, 1.165) is 25.1 Å². The molecule has 0 aliphatic carbocycles. The van der Waals surface area contributed by atoms with Gasteiger partial charge in [-0.3, -0.25) is 19.3 Å². The normalized spacial score (nSPS) is 17.0. The fraction of sp³-hybridized carbons (Fsp3) is 0.393. The molecule has 2 aromatic rings. The first-order chi connectivity index (χ1) is 17.7. The summed E-state index contributed by atoms with van der Waals surface area (Å²) in [5, 5.41) is 24.1. The molecule has 3 atom stereocenters. The van der Waals surface area contributed by atoms with E-state index < -0.39 is 30.4 Å². The monoisotopic (exact) mass is 506 g/mol. The fourth-order valence-corrected chi connectivity index (χ4v) is 4.06. The predicted octanol–water partition coefficient (Wildman–Crippen LogP) is 0.701. The number of hydrogen-bond acceptors (Lipinski definition) is 7. The van der Waals surface area contributed by atoms with Crippen molar-refractivity contribution >= 4 is 23.3 Å². The number of Topliss-reactive ketones (excluding diaryl/α,β-unsaturated/α-hetero) is 1. The van der Waals surface area contributed by atoms with Gasteiger partial charge in [0, 0.05) is 41.5 Å². The van der Waals surface area contributed by atoms with E-state index >= 15 is 0 Å². The van der Waals surface area contributed by atoms with Crippen LogP contribution in [-0.2, 0) is 9.59 Å². The van der Waals surface area contributed by atoms with E-state index in [4.69, 9.17) is 5.11 Å². The summed E-state index contributed by atoms with van der Waals surface area (Å²) in [6.45, 7) is 2.78. The van der Waals surface area contributed by atoms with Crippen molar-refractivity contribution in [2.45, 2.75) is 31.5 Å². The molecule has 4 N–H and O–H groups in total. The van der Waals surface area contributed by atoms with E-state index in [-0.39, 0.29) is 5.91 Å². The van der Waals surface area contributed by atoms with Gasteiger partial charge in [0.1, 0.15) is 12.6 Å². The van der Waals surface area contributed by atoms with E-state index in [9.17, 15) is 19.5 Å². The fourth-order valence-electron chi connectivity index (χ4n) is 4.06. The van der Waals surface area contributed by atoms with Crippen LogP contribution in [0.4, 0.5) is 5.69 Å². The predicted molar refractivity (Wildman–Crippen MR) is 141 cm³/mol. The number of carbonyl (C=O) groups is 3. The number of rotatable bonds is 9. The molecule has 37 heavy (non-hydrogen) atoms. The van der Waals surface area contributed by atoms with Gasteiger partial charge in [-0.15, -0.1) is 0 Å². The third-order valence-electron chi connectivity index (χ3n) is 6.28. The minimum atomic E-state index is -1.18. The Balaban J connectivity index is 1.53. The minimum absolute atomic E-state index is 0.0390. The second-order valence-corrected chi connectivity index (χ2v) is 9.41. The zero-order valence-electron chi connectivity index (χ0n) is 21.4. The van der Waals surface area contributed by atoms with Gasteiger partial charge in [-0.1, -0.05) is 11.8 Å². The molecule has 1 saturated heterocycles. The summed E-state index contributed by atoms with van der Waals surface area (Å²) >= 11 is 0. The second kappa shape index (κ2) is 13.1. The Kier molecular flexibility index (Phi) is 9.94. The van der Waals surface area contributed by atoms with Gasteiger partial charge >= 0.3 is 0 Å². The van der Waals surface area contributed by atoms with Crippen LogP contribution >= 0.6 is 0 Å². The van der Waals surface area contributed by atoms with Crippen LogP contribution in [0, 0.1) is 11.8 Å². The summed E-state index contributed by atoms with van der Waals surface area (Å²) in [6.07, 6.45) is -0.0621. The number of anilines is 1. The molecule has 1 aliphatic heterocycles. The summed E-state index contributed by atoms with van der Waals surface area (Å²) in [7, 11) is 4.12. The van der Waals surface area contributed by atoms with Crippen molar-refractivity contribution in [3.63, 3.8) is 0 Å². The lowest BCUT2D eigenvalue weighted by atomic mass is 10.1. The molecule has 0 aromatic heterocycles. The number of nitrogens with zero attached hydrogens (tertiary/aromatic N) is 2. The Bertz CT molecular complexity index is 1150. The maximum absolute atomic E-state index is 12.4. The molecule has 2 amide bonds. The minimum Gasteiger partial charge on any atom is -0.391 e. The molecule has 9 nitrogen and oxygen atoms in total. The van der Waals surface area contributed by atoms with Crippen LogP contribution in [0.3, 0.4) is 0 Å². The first-order valence-corrected chi connectivity index (χ1v) is 12.2. The zero-order valence-corrected chi connectivity index (χ0v) is 21.4. The number of carbonyl (C=O) groups excluding carboxylic acids is 3. The molecule has 0 unspecified atom stereocenters. The summed E-state index contributed by atoms with van der Waals surface area (Å²) < 4.78 is 0. The van der Waals surface area contributed by atoms with Crippen molar-refractivity contribution in [3.05, 3.63) is 65.2 Å². The third kappa shape index (κ3) is 8.23. The number of hydrogen-bond donors (Lipinski definition) is 4. The van der Waals surface area contributed by atoms with Crippen molar-refractivity contribution in [2.75, 3.05) is 45.7 Å². The molecule has 196 valence electrons. The largest absolute Gasteiger partial charge is 0.391 e. The van der Waals surface area contributed by atoms with Crippen molar-refractivity contribution in [1.29, 1.82) is 0 Å². The maximum Gasteiger partial charge on any atom is 0.251 e. The molecular weight excluding hydrogens is 472 g/mol. The van der Waals surface area contributed by atoms with Crippen molar-refractivity contribution in [2.24, 2.45) is 0 Å². The van der Waals surface area contributed by atoms with Gasteiger partial charge in [0.2, 0.25) is 5.91 Å². The van der Waals surface area contributed by atoms with E-state index in [1.165, 1.54) is 6.92 Å². The first kappa shape index (κ1) is 28.0. The Morgan fingerprint density at radius 3 is 2.16 bits per heavy atom. The standard InChI is InChI=1S/C28H34N4O5/c1-19(34)27(25(35)18-33)30-28(37)22-10-6-20(7-11-22)4-5-21-8-12-23(13-9-21)29-26(36)17-32-15-14-24(16-32)31(2)3/h6-13,19,24,27,33-34H,14-18H2,1-3H3,(H,29,36)(H,30,37)/t19-,24+,27+/m1/s1. The van der Waals surface area contributed by atoms with Gasteiger partial charge in [-0.25, -0.2) is 0 Å². The van der Waals surface area contributed by atoms with Crippen LogP contribution in [0.5, 0.6) is 0 Å². The number of nitrogens with one attached hydrogen (secondary N) is 2. The number of aliphatic hydroxyl groups is 2. The Morgan fingerprint density at radius 1 is 1.05 bits per heavy atom. The van der Waals surface area contributed by atoms with Crippen molar-refractivity contribution in [3.8, 4) is 11.8 Å². The highest BCUT2D eigenvalue weighted by Crippen LogP contribution is 2.14. The van der Waals surface area contributed by atoms with Gasteiger partial charge in [-0.05, 0) is 76.0 Å². The van der Waals surface area contributed by atoms with Crippen molar-refractivity contribution < 1.29 is 24.6 Å². The van der Waals surface area contributed by atoms with Crippen LogP contribution < -0.4 is 10.6 Å². The lowest BCUT2D eigenvalue weighted by Crippen LogP contribution is -2.48. The SMILES string of the molecule is C[C@@H](O)[C@H](NC(=O)c1ccc(C#Cc2ccc(NC(=O)CN3CC[C@H](N(C)C)C3)cc2)cc1)C(=O)CO. The van der Waals surface area contributed by atoms with E-state index in [2.05, 4.69) is 46.4 Å². The van der Waals surface area contributed by atoms with Crippen LogP contribution in [0.2, 0.25) is 0 Å². The summed E-state index contributed by atoms with van der Waals surface area (Å²) in [6, 6.07) is 13.1. The van der Waals surface area contributed by atoms with Gasteiger partial charge in [0.05, 0.1) is 12.6 Å². The molecule has 0 bridgehead atoms. The highest BCUT2D eigenvalue weighted by molar-refractivity contribution is 5.98. The molecular formula is C28H34N4O5. The second-order valence-electron chi connectivity index (χ2n) is 9.41. The molecule has 2 aromatic carbocycles. The quantitative estimate of drug-likeness (QED) is 0.370. The van der Waals surface area contributed by atoms with E-state index in [1.54, 1.807) is 24.3 Å². The molecule has 0 saturated carbocycles. The van der Waals surface area contributed by atoms with Crippen LogP contribution in [0.1, 0.15) is 34.8 Å². The highest BCUT2D eigenvalue weighted by atomic mass is 16.3. The van der Waals surface area contributed by atoms with Gasteiger partial charge in [-0.2, -0.15) is 0 Å². The summed E-state index contributed by atoms with van der Waals surface area (Å²) in [4.78, 5) is 40.8. The average Bonchev–Trinajstić information content (AvgIpc) is 3.35. The number of benzene rings is 2. The topological polar surface area (TPSA) is 122 Å². The van der Waals surface area contributed by atoms with Crippen LogP contribution in [0.15, 0.2) is 48.5 Å². The molecule has 1 fully saturated rings. The summed E-state index contributed by atoms with van der Waals surface area (Å²) in [5.41, 5.74) is 2.47. The number of likely N-dealkylation sites (tertiary alicyclic amines) is 1. The molecule has 0 radical (unpaired) electrons. The lowest BCUT2D eigenvalue weighted by Gasteiger charge is -2.20. The average molecular weight is 507 g/mol. The number of amides is 2. The van der Waals surface area contributed by atoms with E-state index in [0.29, 0.717) is 29.4 Å². The molecule has 0 spiro atoms. The maximum atomic E-state index is 12.4. The Labute approximate surface area is 217 Å². The van der Waals surface area contributed by atoms with Gasteiger partial charge in [0.15, 0.2) is 5.78 Å². The zero-order chi connectivity index (χ0) is 26.9. The van der Waals surface area contributed by atoms with Gasteiger partial charge in [0.25, 0.3) is 5.91 Å². The van der Waals surface area contributed by atoms with E-state index in [1.807, 2.05) is 24.3 Å². The van der Waals surface area contributed by atoms with Crippen LogP contribution in [0.25, 0.3) is 0 Å². The number of ketones is 1. The van der Waals surface area contributed by atoms with Crippen LogP contribution in [-0.4, -0.2) is 96.1 Å². The third-order valence-corrected chi connectivity index (χ3v) is 6.28. The Morgan fingerprint density at radius 2 is 1.65 bits per heavy atom. The molecule has 1 aliphatic rings. The molecule has 1 heterocycles. The smallest absolute Gasteiger partial charge is 0.251 e. The summed E-state index contributed by atoms with van der Waals surface area (Å²) in [5.74, 6) is 4.84.